The Hall–Kier alpha value is -2.24. The van der Waals surface area contributed by atoms with Crippen LogP contribution in [0.15, 0.2) is 18.2 Å². The predicted molar refractivity (Wildman–Crippen MR) is 89.4 cm³/mol. The maximum absolute atomic E-state index is 12.7. The van der Waals surface area contributed by atoms with E-state index in [2.05, 4.69) is 0 Å². The molecule has 24 heavy (non-hydrogen) atoms. The van der Waals surface area contributed by atoms with Gasteiger partial charge in [-0.3, -0.25) is 9.59 Å². The van der Waals surface area contributed by atoms with Crippen molar-refractivity contribution in [3.05, 3.63) is 23.8 Å². The van der Waals surface area contributed by atoms with E-state index < -0.39 is 5.97 Å². The molecule has 6 nitrogen and oxygen atoms in total. The van der Waals surface area contributed by atoms with Crippen LogP contribution < -0.4 is 9.47 Å². The number of ether oxygens (including phenoxy) is 2. The molecule has 0 spiro atoms. The van der Waals surface area contributed by atoms with Crippen LogP contribution in [0.25, 0.3) is 0 Å². The molecular formula is C18H25NO5. The van der Waals surface area contributed by atoms with E-state index >= 15 is 0 Å². The van der Waals surface area contributed by atoms with Crippen LogP contribution in [0.2, 0.25) is 0 Å². The number of methoxy groups -OCH3 is 2. The molecule has 132 valence electrons. The third-order valence-electron chi connectivity index (χ3n) is 4.50. The molecule has 1 unspecified atom stereocenters. The van der Waals surface area contributed by atoms with Crippen molar-refractivity contribution >= 4 is 11.9 Å². The standard InChI is InChI=1S/C18H25NO5/c1-23-15-6-3-7-16(24-2)14(15)11-17(20)19-10-4-5-13(12-19)8-9-18(21)22/h3,6-7,13H,4-5,8-12H2,1-2H3,(H,21,22). The highest BCUT2D eigenvalue weighted by Gasteiger charge is 2.25. The molecule has 6 heteroatoms. The molecule has 1 heterocycles. The van der Waals surface area contributed by atoms with Crippen LogP contribution in [0.1, 0.15) is 31.2 Å². The number of carboxylic acid groups (broad SMARTS) is 1. The summed E-state index contributed by atoms with van der Waals surface area (Å²) in [6.45, 7) is 1.35. The highest BCUT2D eigenvalue weighted by atomic mass is 16.5. The second-order valence-corrected chi connectivity index (χ2v) is 6.10. The molecule has 0 aromatic heterocycles. The molecule has 1 N–H and O–H groups in total. The topological polar surface area (TPSA) is 76.1 Å². The zero-order chi connectivity index (χ0) is 17.5. The van der Waals surface area contributed by atoms with Crippen molar-refractivity contribution < 1.29 is 24.2 Å². The second-order valence-electron chi connectivity index (χ2n) is 6.10. The summed E-state index contributed by atoms with van der Waals surface area (Å²) in [7, 11) is 3.15. The van der Waals surface area contributed by atoms with Crippen molar-refractivity contribution in [3.8, 4) is 11.5 Å². The third-order valence-corrected chi connectivity index (χ3v) is 4.50. The molecular weight excluding hydrogens is 310 g/mol. The number of hydrogen-bond acceptors (Lipinski definition) is 4. The van der Waals surface area contributed by atoms with Crippen molar-refractivity contribution in [2.24, 2.45) is 5.92 Å². The second kappa shape index (κ2) is 8.57. The fraction of sp³-hybridized carbons (Fsp3) is 0.556. The molecule has 1 saturated heterocycles. The summed E-state index contributed by atoms with van der Waals surface area (Å²) < 4.78 is 10.7. The molecule has 2 rings (SSSR count). The Kier molecular flexibility index (Phi) is 6.46. The number of amides is 1. The highest BCUT2D eigenvalue weighted by Crippen LogP contribution is 2.30. The van der Waals surface area contributed by atoms with Gasteiger partial charge in [-0.1, -0.05) is 6.07 Å². The zero-order valence-corrected chi connectivity index (χ0v) is 14.3. The quantitative estimate of drug-likeness (QED) is 0.828. The number of aliphatic carboxylic acids is 1. The number of rotatable bonds is 7. The Balaban J connectivity index is 2.03. The van der Waals surface area contributed by atoms with Gasteiger partial charge in [0.15, 0.2) is 0 Å². The summed E-state index contributed by atoms with van der Waals surface area (Å²) in [4.78, 5) is 25.3. The van der Waals surface area contributed by atoms with E-state index in [9.17, 15) is 9.59 Å². The van der Waals surface area contributed by atoms with Crippen LogP contribution in [0.3, 0.4) is 0 Å². The fourth-order valence-electron chi connectivity index (χ4n) is 3.22. The number of piperidine rings is 1. The van der Waals surface area contributed by atoms with Crippen LogP contribution >= 0.6 is 0 Å². The minimum atomic E-state index is -0.780. The largest absolute Gasteiger partial charge is 0.496 e. The summed E-state index contributed by atoms with van der Waals surface area (Å²) >= 11 is 0. The van der Waals surface area contributed by atoms with Gasteiger partial charge in [0.1, 0.15) is 11.5 Å². The van der Waals surface area contributed by atoms with Gasteiger partial charge in [0, 0.05) is 25.1 Å². The van der Waals surface area contributed by atoms with Gasteiger partial charge in [0.25, 0.3) is 0 Å². The number of likely N-dealkylation sites (tertiary alicyclic amines) is 1. The molecule has 0 aliphatic carbocycles. The molecule has 0 saturated carbocycles. The van der Waals surface area contributed by atoms with Gasteiger partial charge in [-0.05, 0) is 37.3 Å². The Morgan fingerprint density at radius 3 is 2.50 bits per heavy atom. The Labute approximate surface area is 142 Å². The fourth-order valence-corrected chi connectivity index (χ4v) is 3.22. The van der Waals surface area contributed by atoms with E-state index in [0.29, 0.717) is 24.5 Å². The van der Waals surface area contributed by atoms with Gasteiger partial charge in [-0.2, -0.15) is 0 Å². The van der Waals surface area contributed by atoms with Crippen LogP contribution in [-0.2, 0) is 16.0 Å². The SMILES string of the molecule is COc1cccc(OC)c1CC(=O)N1CCCC(CCC(=O)O)C1. The summed E-state index contributed by atoms with van der Waals surface area (Å²) in [5.41, 5.74) is 0.750. The lowest BCUT2D eigenvalue weighted by Gasteiger charge is -2.33. The van der Waals surface area contributed by atoms with Crippen LogP contribution in [0.5, 0.6) is 11.5 Å². The number of nitrogens with zero attached hydrogens (tertiary/aromatic N) is 1. The molecule has 1 atom stereocenters. The molecule has 1 amide bonds. The van der Waals surface area contributed by atoms with Crippen molar-refractivity contribution in [1.82, 2.24) is 4.90 Å². The Morgan fingerprint density at radius 2 is 1.92 bits per heavy atom. The molecule has 1 aromatic rings. The van der Waals surface area contributed by atoms with E-state index in [0.717, 1.165) is 24.9 Å². The number of carboxylic acids is 1. The first-order valence-electron chi connectivity index (χ1n) is 8.24. The molecule has 1 fully saturated rings. The number of carbonyl (C=O) groups excluding carboxylic acids is 1. The zero-order valence-electron chi connectivity index (χ0n) is 14.3. The van der Waals surface area contributed by atoms with Crippen LogP contribution in [-0.4, -0.2) is 49.2 Å². The first-order valence-corrected chi connectivity index (χ1v) is 8.24. The van der Waals surface area contributed by atoms with E-state index in [1.807, 2.05) is 23.1 Å². The monoisotopic (exact) mass is 335 g/mol. The first-order chi connectivity index (χ1) is 11.5. The lowest BCUT2D eigenvalue weighted by molar-refractivity contribution is -0.137. The minimum Gasteiger partial charge on any atom is -0.496 e. The first kappa shape index (κ1) is 18.1. The Bertz CT molecular complexity index is 565. The van der Waals surface area contributed by atoms with E-state index in [4.69, 9.17) is 14.6 Å². The lowest BCUT2D eigenvalue weighted by Crippen LogP contribution is -2.40. The summed E-state index contributed by atoms with van der Waals surface area (Å²) in [6, 6.07) is 5.46. The average molecular weight is 335 g/mol. The molecule has 0 bridgehead atoms. The summed E-state index contributed by atoms with van der Waals surface area (Å²) in [6.07, 6.45) is 2.90. The average Bonchev–Trinajstić information content (AvgIpc) is 2.60. The normalized spacial score (nSPS) is 17.4. The van der Waals surface area contributed by atoms with E-state index in [-0.39, 0.29) is 24.7 Å². The van der Waals surface area contributed by atoms with Gasteiger partial charge in [-0.25, -0.2) is 0 Å². The molecule has 1 aliphatic rings. The summed E-state index contributed by atoms with van der Waals surface area (Å²) in [5.74, 6) is 0.790. The van der Waals surface area contributed by atoms with Gasteiger partial charge >= 0.3 is 5.97 Å². The number of carbonyl (C=O) groups is 2. The van der Waals surface area contributed by atoms with Gasteiger partial charge < -0.3 is 19.5 Å². The Morgan fingerprint density at radius 1 is 1.25 bits per heavy atom. The summed E-state index contributed by atoms with van der Waals surface area (Å²) in [5, 5.41) is 8.82. The van der Waals surface area contributed by atoms with Gasteiger partial charge in [-0.15, -0.1) is 0 Å². The molecule has 0 radical (unpaired) electrons. The van der Waals surface area contributed by atoms with Gasteiger partial charge in [0.05, 0.1) is 20.6 Å². The van der Waals surface area contributed by atoms with Crippen molar-refractivity contribution in [2.75, 3.05) is 27.3 Å². The molecule has 1 aliphatic heterocycles. The van der Waals surface area contributed by atoms with Gasteiger partial charge in [0.2, 0.25) is 5.91 Å². The van der Waals surface area contributed by atoms with Crippen molar-refractivity contribution in [2.45, 2.75) is 32.1 Å². The van der Waals surface area contributed by atoms with Crippen LogP contribution in [0.4, 0.5) is 0 Å². The highest BCUT2D eigenvalue weighted by molar-refractivity contribution is 5.80. The third kappa shape index (κ3) is 4.63. The van der Waals surface area contributed by atoms with E-state index in [1.54, 1.807) is 14.2 Å². The van der Waals surface area contributed by atoms with Crippen molar-refractivity contribution in [3.63, 3.8) is 0 Å². The lowest BCUT2D eigenvalue weighted by atomic mass is 9.93. The van der Waals surface area contributed by atoms with Crippen LogP contribution in [0, 0.1) is 5.92 Å². The minimum absolute atomic E-state index is 0.0258. The predicted octanol–water partition coefficient (Wildman–Crippen LogP) is 2.35. The van der Waals surface area contributed by atoms with E-state index in [1.165, 1.54) is 0 Å². The number of benzene rings is 1. The number of hydrogen-bond donors (Lipinski definition) is 1. The smallest absolute Gasteiger partial charge is 0.303 e. The maximum atomic E-state index is 12.7. The maximum Gasteiger partial charge on any atom is 0.303 e. The van der Waals surface area contributed by atoms with Crippen molar-refractivity contribution in [1.29, 1.82) is 0 Å². The molecule has 1 aromatic carbocycles.